The fourth-order valence-electron chi connectivity index (χ4n) is 3.25. The van der Waals surface area contributed by atoms with E-state index in [1.807, 2.05) is 52.0 Å². The first-order valence-electron chi connectivity index (χ1n) is 8.74. The Morgan fingerprint density at radius 2 is 1.65 bits per heavy atom. The zero-order valence-corrected chi connectivity index (χ0v) is 15.8. The highest BCUT2D eigenvalue weighted by Gasteiger charge is 2.52. The molecule has 5 nitrogen and oxygen atoms in total. The van der Waals surface area contributed by atoms with E-state index in [1.54, 1.807) is 13.4 Å². The van der Waals surface area contributed by atoms with Gasteiger partial charge in [0, 0.05) is 17.9 Å². The molecule has 1 aliphatic heterocycles. The predicted molar refractivity (Wildman–Crippen MR) is 102 cm³/mol. The van der Waals surface area contributed by atoms with Crippen molar-refractivity contribution in [2.75, 3.05) is 13.9 Å². The van der Waals surface area contributed by atoms with Gasteiger partial charge in [0.2, 0.25) is 0 Å². The average Bonchev–Trinajstić information content (AvgIpc) is 3.14. The van der Waals surface area contributed by atoms with Crippen LogP contribution < -0.4 is 10.2 Å². The Balaban J connectivity index is 1.92. The molecule has 26 heavy (non-hydrogen) atoms. The van der Waals surface area contributed by atoms with Crippen LogP contribution in [-0.2, 0) is 14.0 Å². The zero-order chi connectivity index (χ0) is 18.5. The summed E-state index contributed by atoms with van der Waals surface area (Å²) in [6.07, 6.45) is 1.70. The summed E-state index contributed by atoms with van der Waals surface area (Å²) in [6, 6.07) is 9.98. The van der Waals surface area contributed by atoms with Crippen molar-refractivity contribution < 1.29 is 23.2 Å². The fourth-order valence-corrected chi connectivity index (χ4v) is 3.25. The van der Waals surface area contributed by atoms with Crippen molar-refractivity contribution in [3.63, 3.8) is 0 Å². The molecule has 0 atom stereocenters. The molecule has 0 aliphatic carbocycles. The molecule has 2 heterocycles. The van der Waals surface area contributed by atoms with Crippen LogP contribution in [0.5, 0.6) is 5.75 Å². The van der Waals surface area contributed by atoms with E-state index in [1.165, 1.54) is 0 Å². The molecule has 0 saturated carbocycles. The van der Waals surface area contributed by atoms with E-state index < -0.39 is 18.3 Å². The standard InChI is InChI=1S/C20H23BO5/c1-19(2)20(3,4)26-21(25-19)16-11-15(24-12-22-5)10-14-7-6-13-8-9-23-18(13)17(14)16/h6-11H,12H2,1-5H3. The van der Waals surface area contributed by atoms with E-state index >= 15 is 0 Å². The molecule has 0 radical (unpaired) electrons. The van der Waals surface area contributed by atoms with Crippen LogP contribution in [-0.4, -0.2) is 32.2 Å². The summed E-state index contributed by atoms with van der Waals surface area (Å²) in [5.41, 5.74) is 0.868. The normalized spacial score (nSPS) is 18.7. The van der Waals surface area contributed by atoms with Gasteiger partial charge in [0.15, 0.2) is 6.79 Å². The molecule has 1 fully saturated rings. The van der Waals surface area contributed by atoms with Crippen molar-refractivity contribution in [2.24, 2.45) is 0 Å². The largest absolute Gasteiger partial charge is 0.495 e. The highest BCUT2D eigenvalue weighted by atomic mass is 16.7. The lowest BCUT2D eigenvalue weighted by atomic mass is 9.75. The molecule has 1 aliphatic rings. The van der Waals surface area contributed by atoms with Crippen LogP contribution in [0.1, 0.15) is 27.7 Å². The minimum Gasteiger partial charge on any atom is -0.468 e. The van der Waals surface area contributed by atoms with Gasteiger partial charge in [0.1, 0.15) is 11.3 Å². The number of benzene rings is 2. The topological polar surface area (TPSA) is 50.1 Å². The van der Waals surface area contributed by atoms with Gasteiger partial charge in [0.25, 0.3) is 0 Å². The Bertz CT molecular complexity index is 943. The van der Waals surface area contributed by atoms with Crippen LogP contribution in [0.2, 0.25) is 0 Å². The minimum absolute atomic E-state index is 0.178. The molecule has 4 rings (SSSR count). The number of ether oxygens (including phenoxy) is 2. The Hall–Kier alpha value is -2.02. The third-order valence-corrected chi connectivity index (χ3v) is 5.39. The molecule has 2 aromatic carbocycles. The van der Waals surface area contributed by atoms with Gasteiger partial charge in [-0.2, -0.15) is 0 Å². The van der Waals surface area contributed by atoms with Gasteiger partial charge in [-0.1, -0.05) is 12.1 Å². The lowest BCUT2D eigenvalue weighted by molar-refractivity contribution is 0.00578. The Labute approximate surface area is 153 Å². The molecule has 0 amide bonds. The maximum Gasteiger partial charge on any atom is 0.495 e. The summed E-state index contributed by atoms with van der Waals surface area (Å²) in [5.74, 6) is 0.704. The lowest BCUT2D eigenvalue weighted by Gasteiger charge is -2.32. The van der Waals surface area contributed by atoms with Crippen LogP contribution in [0.3, 0.4) is 0 Å². The molecular weight excluding hydrogens is 331 g/mol. The number of methoxy groups -OCH3 is 1. The first kappa shape index (κ1) is 17.4. The van der Waals surface area contributed by atoms with Crippen molar-refractivity contribution in [2.45, 2.75) is 38.9 Å². The Morgan fingerprint density at radius 3 is 2.35 bits per heavy atom. The van der Waals surface area contributed by atoms with Gasteiger partial charge in [0.05, 0.1) is 17.5 Å². The second-order valence-electron chi connectivity index (χ2n) is 7.65. The summed E-state index contributed by atoms with van der Waals surface area (Å²) in [6.45, 7) is 8.36. The second-order valence-corrected chi connectivity index (χ2v) is 7.65. The molecule has 1 aromatic heterocycles. The van der Waals surface area contributed by atoms with Crippen LogP contribution >= 0.6 is 0 Å². The molecule has 0 bridgehead atoms. The lowest BCUT2D eigenvalue weighted by Crippen LogP contribution is -2.41. The summed E-state index contributed by atoms with van der Waals surface area (Å²) in [4.78, 5) is 0. The summed E-state index contributed by atoms with van der Waals surface area (Å²) >= 11 is 0. The predicted octanol–water partition coefficient (Wildman–Crippen LogP) is 3.87. The van der Waals surface area contributed by atoms with Gasteiger partial charge in [-0.05, 0) is 56.7 Å². The van der Waals surface area contributed by atoms with Crippen LogP contribution in [0, 0.1) is 0 Å². The molecule has 3 aromatic rings. The van der Waals surface area contributed by atoms with E-state index in [-0.39, 0.29) is 6.79 Å². The number of rotatable bonds is 4. The van der Waals surface area contributed by atoms with Crippen molar-refractivity contribution in [3.8, 4) is 5.75 Å². The number of furan rings is 1. The second kappa shape index (κ2) is 6.01. The smallest absolute Gasteiger partial charge is 0.468 e. The quantitative estimate of drug-likeness (QED) is 0.526. The van der Waals surface area contributed by atoms with Crippen LogP contribution in [0.4, 0.5) is 0 Å². The van der Waals surface area contributed by atoms with Crippen LogP contribution in [0.15, 0.2) is 41.0 Å². The number of fused-ring (bicyclic) bond motifs is 3. The molecule has 136 valence electrons. The Kier molecular flexibility index (Phi) is 4.02. The molecule has 6 heteroatoms. The van der Waals surface area contributed by atoms with Crippen molar-refractivity contribution in [1.82, 2.24) is 0 Å². The summed E-state index contributed by atoms with van der Waals surface area (Å²) in [7, 11) is 1.09. The van der Waals surface area contributed by atoms with Crippen molar-refractivity contribution in [3.05, 3.63) is 36.6 Å². The van der Waals surface area contributed by atoms with Crippen LogP contribution in [0.25, 0.3) is 21.7 Å². The SMILES string of the molecule is COCOc1cc(B2OC(C)(C)C(C)(C)O2)c2c(ccc3ccoc32)c1. The van der Waals surface area contributed by atoms with E-state index in [4.69, 9.17) is 23.2 Å². The van der Waals surface area contributed by atoms with Gasteiger partial charge in [-0.3, -0.25) is 0 Å². The van der Waals surface area contributed by atoms with E-state index in [2.05, 4.69) is 6.07 Å². The highest BCUT2D eigenvalue weighted by Crippen LogP contribution is 2.38. The molecule has 0 N–H and O–H groups in total. The molecule has 0 spiro atoms. The Morgan fingerprint density at radius 1 is 0.962 bits per heavy atom. The van der Waals surface area contributed by atoms with Crippen molar-refractivity contribution in [1.29, 1.82) is 0 Å². The van der Waals surface area contributed by atoms with E-state index in [0.29, 0.717) is 5.75 Å². The van der Waals surface area contributed by atoms with Gasteiger partial charge in [-0.15, -0.1) is 0 Å². The first-order valence-corrected chi connectivity index (χ1v) is 8.74. The third-order valence-electron chi connectivity index (χ3n) is 5.39. The average molecular weight is 354 g/mol. The van der Waals surface area contributed by atoms with E-state index in [0.717, 1.165) is 27.2 Å². The number of hydrogen-bond acceptors (Lipinski definition) is 5. The maximum atomic E-state index is 6.29. The molecular formula is C20H23BO5. The van der Waals surface area contributed by atoms with Gasteiger partial charge < -0.3 is 23.2 Å². The van der Waals surface area contributed by atoms with Gasteiger partial charge >= 0.3 is 7.12 Å². The third kappa shape index (κ3) is 2.69. The molecule has 1 saturated heterocycles. The monoisotopic (exact) mass is 354 g/mol. The van der Waals surface area contributed by atoms with E-state index in [9.17, 15) is 0 Å². The first-order chi connectivity index (χ1) is 12.3. The minimum atomic E-state index is -0.510. The summed E-state index contributed by atoms with van der Waals surface area (Å²) in [5, 5.41) is 3.03. The zero-order valence-electron chi connectivity index (χ0n) is 15.8. The summed E-state index contributed by atoms with van der Waals surface area (Å²) < 4.78 is 29.1. The number of hydrogen-bond donors (Lipinski definition) is 0. The highest BCUT2D eigenvalue weighted by molar-refractivity contribution is 6.66. The molecule has 0 unspecified atom stereocenters. The van der Waals surface area contributed by atoms with Gasteiger partial charge in [-0.25, -0.2) is 0 Å². The fraction of sp³-hybridized carbons (Fsp3) is 0.400. The maximum absolute atomic E-state index is 6.29. The van der Waals surface area contributed by atoms with Crippen molar-refractivity contribution >= 4 is 34.3 Å².